The van der Waals surface area contributed by atoms with Gasteiger partial charge in [0.25, 0.3) is 0 Å². The molecule has 1 aromatic carbocycles. The Bertz CT molecular complexity index is 529. The van der Waals surface area contributed by atoms with Gasteiger partial charge in [-0.2, -0.15) is 4.31 Å². The van der Waals surface area contributed by atoms with E-state index in [-0.39, 0.29) is 6.04 Å². The van der Waals surface area contributed by atoms with E-state index < -0.39 is 10.0 Å². The Morgan fingerprint density at radius 1 is 1.25 bits per heavy atom. The van der Waals surface area contributed by atoms with Crippen LogP contribution in [-0.4, -0.2) is 57.9 Å². The maximum atomic E-state index is 12.8. The summed E-state index contributed by atoms with van der Waals surface area (Å²) < 4.78 is 27.2. The van der Waals surface area contributed by atoms with Gasteiger partial charge in [-0.25, -0.2) is 8.42 Å². The monoisotopic (exact) mass is 299 g/mol. The second-order valence-corrected chi connectivity index (χ2v) is 6.92. The van der Waals surface area contributed by atoms with E-state index in [2.05, 4.69) is 5.32 Å². The first-order valence-electron chi connectivity index (χ1n) is 6.78. The number of sulfonamides is 1. The normalized spacial score (nSPS) is 13.8. The van der Waals surface area contributed by atoms with E-state index in [9.17, 15) is 8.42 Å². The van der Waals surface area contributed by atoms with Gasteiger partial charge in [0.15, 0.2) is 0 Å². The first kappa shape index (κ1) is 16.9. The van der Waals surface area contributed by atoms with Gasteiger partial charge in [0.05, 0.1) is 5.69 Å². The van der Waals surface area contributed by atoms with Gasteiger partial charge in [-0.3, -0.25) is 0 Å². The molecule has 0 aliphatic carbocycles. The molecule has 1 atom stereocenters. The molecule has 6 heteroatoms. The summed E-state index contributed by atoms with van der Waals surface area (Å²) in [6.07, 6.45) is 0. The highest BCUT2D eigenvalue weighted by Crippen LogP contribution is 2.25. The van der Waals surface area contributed by atoms with Crippen molar-refractivity contribution in [1.82, 2.24) is 9.21 Å². The first-order valence-corrected chi connectivity index (χ1v) is 8.22. The highest BCUT2D eigenvalue weighted by atomic mass is 32.2. The maximum absolute atomic E-state index is 12.8. The fraction of sp³-hybridized carbons (Fsp3) is 0.571. The molecule has 0 bridgehead atoms. The molecule has 0 spiro atoms. The summed E-state index contributed by atoms with van der Waals surface area (Å²) in [6.45, 7) is 4.94. The topological polar surface area (TPSA) is 52.7 Å². The molecule has 20 heavy (non-hydrogen) atoms. The summed E-state index contributed by atoms with van der Waals surface area (Å²) in [4.78, 5) is 2.32. The van der Waals surface area contributed by atoms with Gasteiger partial charge >= 0.3 is 0 Å². The van der Waals surface area contributed by atoms with E-state index in [0.29, 0.717) is 23.7 Å². The number of nitrogens with one attached hydrogen (secondary N) is 1. The number of nitrogens with zero attached hydrogens (tertiary/aromatic N) is 2. The van der Waals surface area contributed by atoms with Crippen LogP contribution in [-0.2, 0) is 10.0 Å². The third-order valence-electron chi connectivity index (χ3n) is 3.18. The number of likely N-dealkylation sites (N-methyl/N-ethyl adjacent to an activating group) is 2. The molecule has 1 N–H and O–H groups in total. The fourth-order valence-electron chi connectivity index (χ4n) is 2.36. The van der Waals surface area contributed by atoms with Crippen molar-refractivity contribution in [3.8, 4) is 0 Å². The van der Waals surface area contributed by atoms with E-state index in [1.807, 2.05) is 38.9 Å². The average molecular weight is 299 g/mol. The minimum atomic E-state index is -3.49. The minimum absolute atomic E-state index is 0.0788. The lowest BCUT2D eigenvalue weighted by Crippen LogP contribution is -2.43. The van der Waals surface area contributed by atoms with Crippen LogP contribution in [0.15, 0.2) is 29.2 Å². The molecular formula is C14H25N3O2S. The van der Waals surface area contributed by atoms with Gasteiger partial charge in [-0.05, 0) is 33.2 Å². The van der Waals surface area contributed by atoms with Crippen LogP contribution in [0, 0.1) is 0 Å². The van der Waals surface area contributed by atoms with Crippen LogP contribution in [0.1, 0.15) is 13.8 Å². The molecule has 0 aliphatic heterocycles. The van der Waals surface area contributed by atoms with Crippen molar-refractivity contribution < 1.29 is 8.42 Å². The van der Waals surface area contributed by atoms with Crippen molar-refractivity contribution in [2.45, 2.75) is 24.8 Å². The molecule has 1 unspecified atom stereocenters. The molecule has 0 saturated heterocycles. The van der Waals surface area contributed by atoms with Crippen LogP contribution in [0.2, 0.25) is 0 Å². The van der Waals surface area contributed by atoms with Crippen molar-refractivity contribution in [1.29, 1.82) is 0 Å². The van der Waals surface area contributed by atoms with E-state index >= 15 is 0 Å². The Labute approximate surface area is 122 Å². The van der Waals surface area contributed by atoms with Crippen LogP contribution in [0.4, 0.5) is 5.69 Å². The molecular weight excluding hydrogens is 274 g/mol. The van der Waals surface area contributed by atoms with Crippen molar-refractivity contribution in [2.24, 2.45) is 0 Å². The van der Waals surface area contributed by atoms with Gasteiger partial charge in [-0.15, -0.1) is 0 Å². The lowest BCUT2D eigenvalue weighted by Gasteiger charge is -2.29. The number of rotatable bonds is 7. The zero-order valence-electron chi connectivity index (χ0n) is 12.9. The van der Waals surface area contributed by atoms with E-state index in [0.717, 1.165) is 0 Å². The molecule has 5 nitrogen and oxygen atoms in total. The number of para-hydroxylation sites is 1. The van der Waals surface area contributed by atoms with Crippen LogP contribution in [0.3, 0.4) is 0 Å². The highest BCUT2D eigenvalue weighted by Gasteiger charge is 2.29. The summed E-state index contributed by atoms with van der Waals surface area (Å²) in [7, 11) is 2.12. The second kappa shape index (κ2) is 7.06. The maximum Gasteiger partial charge on any atom is 0.245 e. The zero-order chi connectivity index (χ0) is 15.3. The molecule has 0 amide bonds. The molecule has 1 aromatic rings. The zero-order valence-corrected chi connectivity index (χ0v) is 13.7. The van der Waals surface area contributed by atoms with Crippen molar-refractivity contribution >= 4 is 15.7 Å². The van der Waals surface area contributed by atoms with Gasteiger partial charge in [0.1, 0.15) is 4.90 Å². The van der Waals surface area contributed by atoms with Gasteiger partial charge in [-0.1, -0.05) is 19.1 Å². The Hall–Kier alpha value is -1.11. The summed E-state index contributed by atoms with van der Waals surface area (Å²) >= 11 is 0. The Morgan fingerprint density at radius 3 is 2.35 bits per heavy atom. The van der Waals surface area contributed by atoms with E-state index in [1.54, 1.807) is 29.6 Å². The average Bonchev–Trinajstić information content (AvgIpc) is 2.38. The standard InChI is InChI=1S/C14H25N3O2S/c1-6-17(12(2)11-16(4)5)20(18,19)14-10-8-7-9-13(14)15-3/h7-10,12,15H,6,11H2,1-5H3. The molecule has 0 aromatic heterocycles. The molecule has 1 rings (SSSR count). The Morgan fingerprint density at radius 2 is 1.85 bits per heavy atom. The van der Waals surface area contributed by atoms with Crippen molar-refractivity contribution in [3.05, 3.63) is 24.3 Å². The number of benzene rings is 1. The largest absolute Gasteiger partial charge is 0.387 e. The smallest absolute Gasteiger partial charge is 0.245 e. The summed E-state index contributed by atoms with van der Waals surface area (Å²) in [5.74, 6) is 0. The number of hydrogen-bond acceptors (Lipinski definition) is 4. The molecule has 114 valence electrons. The summed E-state index contributed by atoms with van der Waals surface area (Å²) in [5.41, 5.74) is 0.628. The number of anilines is 1. The van der Waals surface area contributed by atoms with Crippen molar-refractivity contribution in [3.63, 3.8) is 0 Å². The van der Waals surface area contributed by atoms with Gasteiger partial charge < -0.3 is 10.2 Å². The highest BCUT2D eigenvalue weighted by molar-refractivity contribution is 7.89. The minimum Gasteiger partial charge on any atom is -0.387 e. The lowest BCUT2D eigenvalue weighted by molar-refractivity contribution is 0.271. The molecule has 0 fully saturated rings. The predicted molar refractivity (Wildman–Crippen MR) is 83.6 cm³/mol. The lowest BCUT2D eigenvalue weighted by atomic mass is 10.3. The second-order valence-electron chi connectivity index (χ2n) is 5.07. The SMILES string of the molecule is CCN(C(C)CN(C)C)S(=O)(=O)c1ccccc1NC. The Balaban J connectivity index is 3.18. The van der Waals surface area contributed by atoms with Crippen LogP contribution >= 0.6 is 0 Å². The quantitative estimate of drug-likeness (QED) is 0.832. The molecule has 0 aliphatic rings. The van der Waals surface area contributed by atoms with Gasteiger partial charge in [0.2, 0.25) is 10.0 Å². The Kier molecular flexibility index (Phi) is 5.98. The van der Waals surface area contributed by atoms with Crippen LogP contribution in [0.5, 0.6) is 0 Å². The summed E-state index contributed by atoms with van der Waals surface area (Å²) in [5, 5.41) is 2.94. The van der Waals surface area contributed by atoms with Crippen LogP contribution < -0.4 is 5.32 Å². The predicted octanol–water partition coefficient (Wildman–Crippen LogP) is 1.69. The third-order valence-corrected chi connectivity index (χ3v) is 5.32. The van der Waals surface area contributed by atoms with E-state index in [1.165, 1.54) is 0 Å². The van der Waals surface area contributed by atoms with E-state index in [4.69, 9.17) is 0 Å². The molecule has 0 radical (unpaired) electrons. The number of hydrogen-bond donors (Lipinski definition) is 1. The third kappa shape index (κ3) is 3.71. The van der Waals surface area contributed by atoms with Crippen LogP contribution in [0.25, 0.3) is 0 Å². The molecule has 0 heterocycles. The molecule has 0 saturated carbocycles. The van der Waals surface area contributed by atoms with Gasteiger partial charge in [0, 0.05) is 26.2 Å². The van der Waals surface area contributed by atoms with Crippen molar-refractivity contribution in [2.75, 3.05) is 39.5 Å². The first-order chi connectivity index (χ1) is 9.34. The summed E-state index contributed by atoms with van der Waals surface area (Å²) in [6, 6.07) is 6.91. The fourth-order valence-corrected chi connectivity index (χ4v) is 4.19.